The number of hydrogen-bond acceptors (Lipinski definition) is 5. The fourth-order valence-corrected chi connectivity index (χ4v) is 2.98. The number of sulfonamides is 1. The molecule has 0 radical (unpaired) electrons. The first kappa shape index (κ1) is 15.5. The lowest BCUT2D eigenvalue weighted by Gasteiger charge is -2.21. The smallest absolute Gasteiger partial charge is 0.337 e. The summed E-state index contributed by atoms with van der Waals surface area (Å²) in [6.45, 7) is 3.76. The van der Waals surface area contributed by atoms with Crippen molar-refractivity contribution < 1.29 is 23.2 Å². The lowest BCUT2D eigenvalue weighted by Crippen LogP contribution is -2.34. The summed E-state index contributed by atoms with van der Waals surface area (Å²) in [7, 11) is -2.84. The van der Waals surface area contributed by atoms with Crippen molar-refractivity contribution in [2.75, 3.05) is 13.7 Å². The Morgan fingerprint density at radius 3 is 2.63 bits per heavy atom. The van der Waals surface area contributed by atoms with Crippen LogP contribution in [-0.2, 0) is 14.9 Å². The highest BCUT2D eigenvalue weighted by atomic mass is 32.2. The van der Waals surface area contributed by atoms with E-state index in [2.05, 4.69) is 4.98 Å². The number of hydrogen-bond donors (Lipinski definition) is 1. The molecule has 1 rings (SSSR count). The van der Waals surface area contributed by atoms with Crippen molar-refractivity contribution in [1.29, 1.82) is 0 Å². The van der Waals surface area contributed by atoms with E-state index in [0.717, 1.165) is 16.7 Å². The molecule has 1 aromatic heterocycles. The van der Waals surface area contributed by atoms with Gasteiger partial charge in [-0.3, -0.25) is 9.82 Å². The first-order valence-electron chi connectivity index (χ1n) is 5.54. The molecule has 7 nitrogen and oxygen atoms in total. The molecule has 0 fully saturated rings. The van der Waals surface area contributed by atoms with Crippen molar-refractivity contribution in [1.82, 2.24) is 9.45 Å². The van der Waals surface area contributed by atoms with Gasteiger partial charge in [-0.2, -0.15) is 0 Å². The largest absolute Gasteiger partial charge is 0.478 e. The molecule has 0 unspecified atom stereocenters. The van der Waals surface area contributed by atoms with E-state index >= 15 is 0 Å². The second kappa shape index (κ2) is 6.09. The van der Waals surface area contributed by atoms with Crippen molar-refractivity contribution in [3.8, 4) is 0 Å². The van der Waals surface area contributed by atoms with Gasteiger partial charge in [0.15, 0.2) is 0 Å². The summed E-state index contributed by atoms with van der Waals surface area (Å²) in [6, 6.07) is 1.14. The second-order valence-electron chi connectivity index (χ2n) is 4.24. The summed E-state index contributed by atoms with van der Waals surface area (Å²) < 4.78 is 25.4. The third-order valence-corrected chi connectivity index (χ3v) is 3.99. The first-order chi connectivity index (χ1) is 8.80. The fraction of sp³-hybridized carbons (Fsp3) is 0.455. The van der Waals surface area contributed by atoms with Crippen LogP contribution in [0.15, 0.2) is 23.4 Å². The number of hydroxylamine groups is 1. The third-order valence-electron chi connectivity index (χ3n) is 2.28. The summed E-state index contributed by atoms with van der Waals surface area (Å²) in [4.78, 5) is 19.2. The maximum Gasteiger partial charge on any atom is 0.337 e. The van der Waals surface area contributed by atoms with E-state index < -0.39 is 16.0 Å². The van der Waals surface area contributed by atoms with Crippen LogP contribution in [0, 0.1) is 5.92 Å². The SMILES string of the molecule is CON(CC(C)C)S(=O)(=O)c1cnccc1C(=O)O. The zero-order valence-corrected chi connectivity index (χ0v) is 11.7. The Labute approximate surface area is 111 Å². The van der Waals surface area contributed by atoms with Gasteiger partial charge in [0.2, 0.25) is 0 Å². The maximum atomic E-state index is 12.3. The van der Waals surface area contributed by atoms with Gasteiger partial charge in [0.25, 0.3) is 10.0 Å². The number of carboxylic acids is 1. The Balaban J connectivity index is 3.30. The zero-order valence-electron chi connectivity index (χ0n) is 10.9. The van der Waals surface area contributed by atoms with Gasteiger partial charge in [-0.25, -0.2) is 13.2 Å². The van der Waals surface area contributed by atoms with Crippen LogP contribution in [0.1, 0.15) is 24.2 Å². The summed E-state index contributed by atoms with van der Waals surface area (Å²) in [5.41, 5.74) is -0.333. The molecule has 0 saturated heterocycles. The second-order valence-corrected chi connectivity index (χ2v) is 6.04. The van der Waals surface area contributed by atoms with Crippen LogP contribution in [0.2, 0.25) is 0 Å². The van der Waals surface area contributed by atoms with Crippen LogP contribution in [0.5, 0.6) is 0 Å². The minimum atomic E-state index is -4.05. The van der Waals surface area contributed by atoms with Gasteiger partial charge in [-0.1, -0.05) is 18.3 Å². The van der Waals surface area contributed by atoms with Crippen LogP contribution >= 0.6 is 0 Å². The van der Waals surface area contributed by atoms with Crippen LogP contribution < -0.4 is 0 Å². The molecule has 0 aromatic carbocycles. The standard InChI is InChI=1S/C11H16N2O5S/c1-8(2)7-13(18-3)19(16,17)10-6-12-5-4-9(10)11(14)15/h4-6,8H,7H2,1-3H3,(H,14,15). The Morgan fingerprint density at radius 2 is 2.16 bits per heavy atom. The van der Waals surface area contributed by atoms with E-state index in [1.54, 1.807) is 0 Å². The van der Waals surface area contributed by atoms with Gasteiger partial charge in [0, 0.05) is 18.9 Å². The van der Waals surface area contributed by atoms with Gasteiger partial charge in [-0.05, 0) is 12.0 Å². The molecule has 106 valence electrons. The van der Waals surface area contributed by atoms with Gasteiger partial charge in [-0.15, -0.1) is 0 Å². The van der Waals surface area contributed by atoms with Crippen LogP contribution in [0.3, 0.4) is 0 Å². The Morgan fingerprint density at radius 1 is 1.53 bits per heavy atom. The average molecular weight is 288 g/mol. The molecule has 1 N–H and O–H groups in total. The molecular formula is C11H16N2O5S. The van der Waals surface area contributed by atoms with Crippen molar-refractivity contribution in [3.63, 3.8) is 0 Å². The highest BCUT2D eigenvalue weighted by Crippen LogP contribution is 2.20. The van der Waals surface area contributed by atoms with Crippen LogP contribution in [0.4, 0.5) is 0 Å². The van der Waals surface area contributed by atoms with Gasteiger partial charge in [0.05, 0.1) is 12.7 Å². The van der Waals surface area contributed by atoms with E-state index in [1.807, 2.05) is 13.8 Å². The molecule has 1 aromatic rings. The van der Waals surface area contributed by atoms with Crippen molar-refractivity contribution in [3.05, 3.63) is 24.0 Å². The van der Waals surface area contributed by atoms with E-state index in [-0.39, 0.29) is 22.9 Å². The third kappa shape index (κ3) is 3.49. The number of rotatable bonds is 6. The Bertz CT molecular complexity index is 556. The molecule has 0 aliphatic heterocycles. The monoisotopic (exact) mass is 288 g/mol. The fourth-order valence-electron chi connectivity index (χ4n) is 1.44. The minimum absolute atomic E-state index is 0.0275. The number of nitrogens with zero attached hydrogens (tertiary/aromatic N) is 2. The number of carboxylic acid groups (broad SMARTS) is 1. The normalized spacial score (nSPS) is 12.1. The van der Waals surface area contributed by atoms with Crippen molar-refractivity contribution >= 4 is 16.0 Å². The number of aromatic carboxylic acids is 1. The number of pyridine rings is 1. The van der Waals surface area contributed by atoms with E-state index in [1.165, 1.54) is 13.3 Å². The van der Waals surface area contributed by atoms with E-state index in [4.69, 9.17) is 9.94 Å². The van der Waals surface area contributed by atoms with Gasteiger partial charge >= 0.3 is 5.97 Å². The maximum absolute atomic E-state index is 12.3. The minimum Gasteiger partial charge on any atom is -0.478 e. The van der Waals surface area contributed by atoms with Gasteiger partial charge in [0.1, 0.15) is 4.90 Å². The summed E-state index contributed by atoms with van der Waals surface area (Å²) >= 11 is 0. The molecule has 8 heteroatoms. The van der Waals surface area contributed by atoms with Crippen molar-refractivity contribution in [2.24, 2.45) is 5.92 Å². The van der Waals surface area contributed by atoms with Crippen molar-refractivity contribution in [2.45, 2.75) is 18.7 Å². The van der Waals surface area contributed by atoms with Crippen LogP contribution in [0.25, 0.3) is 0 Å². The summed E-state index contributed by atoms with van der Waals surface area (Å²) in [5, 5.41) is 9.01. The Hall–Kier alpha value is -1.51. The average Bonchev–Trinajstić information content (AvgIpc) is 2.35. The first-order valence-corrected chi connectivity index (χ1v) is 6.98. The molecule has 0 saturated carbocycles. The molecule has 1 heterocycles. The highest BCUT2D eigenvalue weighted by molar-refractivity contribution is 7.89. The predicted molar refractivity (Wildman–Crippen MR) is 66.9 cm³/mol. The highest BCUT2D eigenvalue weighted by Gasteiger charge is 2.30. The quantitative estimate of drug-likeness (QED) is 0.784. The summed E-state index contributed by atoms with van der Waals surface area (Å²) in [6.07, 6.45) is 2.23. The van der Waals surface area contributed by atoms with E-state index in [0.29, 0.717) is 0 Å². The molecule has 0 bridgehead atoms. The lowest BCUT2D eigenvalue weighted by atomic mass is 10.2. The van der Waals surface area contributed by atoms with Gasteiger partial charge < -0.3 is 5.11 Å². The van der Waals surface area contributed by atoms with E-state index in [9.17, 15) is 13.2 Å². The molecule has 0 atom stereocenters. The molecule has 0 spiro atoms. The van der Waals surface area contributed by atoms with Crippen LogP contribution in [-0.4, -0.2) is 42.6 Å². The molecule has 0 aliphatic rings. The summed E-state index contributed by atoms with van der Waals surface area (Å²) in [5.74, 6) is -1.30. The predicted octanol–water partition coefficient (Wildman–Crippen LogP) is 0.988. The number of carbonyl (C=O) groups is 1. The topological polar surface area (TPSA) is 96.8 Å². The molecule has 0 aliphatic carbocycles. The zero-order chi connectivity index (χ0) is 14.6. The molecular weight excluding hydrogens is 272 g/mol. The number of aromatic nitrogens is 1. The Kier molecular flexibility index (Phi) is 4.98. The molecule has 0 amide bonds. The molecule has 19 heavy (non-hydrogen) atoms. The lowest BCUT2D eigenvalue weighted by molar-refractivity contribution is -0.0558.